The van der Waals surface area contributed by atoms with Crippen molar-refractivity contribution in [2.75, 3.05) is 11.9 Å². The zero-order valence-corrected chi connectivity index (χ0v) is 18.0. The molecule has 4 rings (SSSR count). The van der Waals surface area contributed by atoms with Crippen LogP contribution < -0.4 is 5.32 Å². The van der Waals surface area contributed by atoms with E-state index in [1.807, 2.05) is 80.6 Å². The zero-order chi connectivity index (χ0) is 21.8. The van der Waals surface area contributed by atoms with Crippen molar-refractivity contribution in [3.63, 3.8) is 0 Å². The number of hydrogen-bond acceptors (Lipinski definition) is 3. The normalized spacial score (nSPS) is 13.6. The number of carbonyl (C=O) groups is 2. The Morgan fingerprint density at radius 2 is 1.71 bits per heavy atom. The number of anilines is 1. The number of para-hydroxylation sites is 1. The maximum atomic E-state index is 12.9. The van der Waals surface area contributed by atoms with Crippen molar-refractivity contribution >= 4 is 17.6 Å². The molecule has 6 nitrogen and oxygen atoms in total. The second-order valence-corrected chi connectivity index (χ2v) is 8.26. The van der Waals surface area contributed by atoms with Crippen molar-refractivity contribution in [3.05, 3.63) is 66.7 Å². The number of hydrogen-bond donors (Lipinski definition) is 1. The van der Waals surface area contributed by atoms with E-state index in [2.05, 4.69) is 5.32 Å². The van der Waals surface area contributed by atoms with Crippen molar-refractivity contribution in [2.45, 2.75) is 39.2 Å². The number of benzene rings is 2. The molecule has 0 unspecified atom stereocenters. The number of nitrogens with one attached hydrogen (secondary N) is 1. The molecule has 1 heterocycles. The molecule has 0 spiro atoms. The van der Waals surface area contributed by atoms with Gasteiger partial charge in [-0.05, 0) is 38.8 Å². The van der Waals surface area contributed by atoms with Gasteiger partial charge >= 0.3 is 0 Å². The van der Waals surface area contributed by atoms with Gasteiger partial charge < -0.3 is 10.2 Å². The molecule has 0 atom stereocenters. The Morgan fingerprint density at radius 3 is 2.29 bits per heavy atom. The summed E-state index contributed by atoms with van der Waals surface area (Å²) in [5.41, 5.74) is 2.59. The van der Waals surface area contributed by atoms with Gasteiger partial charge in [-0.1, -0.05) is 55.0 Å². The Kier molecular flexibility index (Phi) is 6.16. The molecular weight excluding hydrogens is 388 g/mol. The third kappa shape index (κ3) is 4.68. The van der Waals surface area contributed by atoms with Gasteiger partial charge in [0.1, 0.15) is 12.4 Å². The first-order valence-electron chi connectivity index (χ1n) is 10.8. The lowest BCUT2D eigenvalue weighted by Crippen LogP contribution is -2.46. The number of aromatic nitrogens is 2. The number of nitrogens with zero attached hydrogens (tertiary/aromatic N) is 3. The van der Waals surface area contributed by atoms with Gasteiger partial charge in [0.05, 0.1) is 11.4 Å². The average molecular weight is 417 g/mol. The minimum Gasteiger partial charge on any atom is -0.331 e. The molecule has 1 aliphatic carbocycles. The Morgan fingerprint density at radius 1 is 1.06 bits per heavy atom. The van der Waals surface area contributed by atoms with Crippen LogP contribution in [0.15, 0.2) is 66.7 Å². The zero-order valence-electron chi connectivity index (χ0n) is 18.0. The number of rotatable bonds is 7. The highest BCUT2D eigenvalue weighted by atomic mass is 16.2. The molecule has 1 fully saturated rings. The fourth-order valence-corrected chi connectivity index (χ4v) is 3.73. The molecular formula is C25H28N4O2. The van der Waals surface area contributed by atoms with Crippen LogP contribution in [0, 0.1) is 5.92 Å². The summed E-state index contributed by atoms with van der Waals surface area (Å²) in [6.07, 6.45) is 2.93. The molecule has 1 aromatic heterocycles. The molecule has 2 amide bonds. The van der Waals surface area contributed by atoms with Crippen LogP contribution in [0.5, 0.6) is 0 Å². The van der Waals surface area contributed by atoms with E-state index < -0.39 is 0 Å². The minimum absolute atomic E-state index is 0.0298. The summed E-state index contributed by atoms with van der Waals surface area (Å²) in [7, 11) is 0. The van der Waals surface area contributed by atoms with Crippen LogP contribution >= 0.6 is 0 Å². The fraction of sp³-hybridized carbons (Fsp3) is 0.320. The molecule has 6 heteroatoms. The SMILES string of the molecule is CC(C)N(CC(=O)Nc1cc(-c2ccccc2)nn1-c1ccccc1)C(=O)C1CCC1. The molecule has 0 saturated heterocycles. The van der Waals surface area contributed by atoms with Crippen LogP contribution in [0.2, 0.25) is 0 Å². The van der Waals surface area contributed by atoms with Crippen LogP contribution in [0.1, 0.15) is 33.1 Å². The van der Waals surface area contributed by atoms with Gasteiger partial charge in [-0.15, -0.1) is 0 Å². The molecule has 1 N–H and O–H groups in total. The van der Waals surface area contributed by atoms with E-state index in [-0.39, 0.29) is 30.3 Å². The van der Waals surface area contributed by atoms with Crippen molar-refractivity contribution in [1.82, 2.24) is 14.7 Å². The Bertz CT molecular complexity index is 1040. The summed E-state index contributed by atoms with van der Waals surface area (Å²) in [6.45, 7) is 3.94. The van der Waals surface area contributed by atoms with E-state index >= 15 is 0 Å². The predicted molar refractivity (Wildman–Crippen MR) is 122 cm³/mol. The van der Waals surface area contributed by atoms with E-state index in [0.29, 0.717) is 5.82 Å². The summed E-state index contributed by atoms with van der Waals surface area (Å²) in [4.78, 5) is 27.4. The third-order valence-corrected chi connectivity index (χ3v) is 5.72. The van der Waals surface area contributed by atoms with Crippen LogP contribution in [0.3, 0.4) is 0 Å². The smallest absolute Gasteiger partial charge is 0.245 e. The summed E-state index contributed by atoms with van der Waals surface area (Å²) in [5.74, 6) is 0.501. The highest BCUT2D eigenvalue weighted by Crippen LogP contribution is 2.29. The van der Waals surface area contributed by atoms with E-state index in [9.17, 15) is 9.59 Å². The topological polar surface area (TPSA) is 67.2 Å². The Hall–Kier alpha value is -3.41. The first-order chi connectivity index (χ1) is 15.0. The first kappa shape index (κ1) is 20.8. The van der Waals surface area contributed by atoms with Gasteiger partial charge in [0.25, 0.3) is 0 Å². The largest absolute Gasteiger partial charge is 0.331 e. The molecule has 0 aliphatic heterocycles. The van der Waals surface area contributed by atoms with E-state index in [1.165, 1.54) is 0 Å². The van der Waals surface area contributed by atoms with Gasteiger partial charge in [-0.2, -0.15) is 5.10 Å². The van der Waals surface area contributed by atoms with Crippen LogP contribution in [0.25, 0.3) is 16.9 Å². The molecule has 1 saturated carbocycles. The fourth-order valence-electron chi connectivity index (χ4n) is 3.73. The highest BCUT2D eigenvalue weighted by Gasteiger charge is 2.31. The molecule has 3 aromatic rings. The standard InChI is InChI=1S/C25H28N4O2/c1-18(2)28(25(31)20-12-9-13-20)17-24(30)26-23-16-22(19-10-5-3-6-11-19)27-29(23)21-14-7-4-8-15-21/h3-8,10-11,14-16,18,20H,9,12-13,17H2,1-2H3,(H,26,30). The molecule has 31 heavy (non-hydrogen) atoms. The third-order valence-electron chi connectivity index (χ3n) is 5.72. The van der Waals surface area contributed by atoms with Crippen LogP contribution in [0.4, 0.5) is 5.82 Å². The minimum atomic E-state index is -0.224. The average Bonchev–Trinajstić information content (AvgIpc) is 3.15. The lowest BCUT2D eigenvalue weighted by atomic mass is 9.84. The predicted octanol–water partition coefficient (Wildman–Crippen LogP) is 4.51. The second kappa shape index (κ2) is 9.16. The number of carbonyl (C=O) groups excluding carboxylic acids is 2. The second-order valence-electron chi connectivity index (χ2n) is 8.26. The lowest BCUT2D eigenvalue weighted by Gasteiger charge is -2.33. The summed E-state index contributed by atoms with van der Waals surface area (Å²) in [6, 6.07) is 21.4. The Labute approximate surface area is 182 Å². The molecule has 1 aliphatic rings. The van der Waals surface area contributed by atoms with Gasteiger partial charge in [-0.3, -0.25) is 9.59 Å². The maximum Gasteiger partial charge on any atom is 0.245 e. The van der Waals surface area contributed by atoms with Crippen molar-refractivity contribution in [1.29, 1.82) is 0 Å². The lowest BCUT2D eigenvalue weighted by molar-refractivity contribution is -0.142. The van der Waals surface area contributed by atoms with Crippen molar-refractivity contribution in [2.24, 2.45) is 5.92 Å². The van der Waals surface area contributed by atoms with Gasteiger partial charge in [0, 0.05) is 23.6 Å². The summed E-state index contributed by atoms with van der Waals surface area (Å²) < 4.78 is 1.73. The van der Waals surface area contributed by atoms with Crippen LogP contribution in [-0.2, 0) is 9.59 Å². The van der Waals surface area contributed by atoms with Gasteiger partial charge in [0.15, 0.2) is 0 Å². The monoisotopic (exact) mass is 416 g/mol. The van der Waals surface area contributed by atoms with E-state index in [4.69, 9.17) is 5.10 Å². The number of amides is 2. The summed E-state index contributed by atoms with van der Waals surface area (Å²) in [5, 5.41) is 7.71. The quantitative estimate of drug-likeness (QED) is 0.616. The van der Waals surface area contributed by atoms with Gasteiger partial charge in [-0.25, -0.2) is 4.68 Å². The highest BCUT2D eigenvalue weighted by molar-refractivity contribution is 5.95. The first-order valence-corrected chi connectivity index (χ1v) is 10.8. The molecule has 160 valence electrons. The van der Waals surface area contributed by atoms with Crippen molar-refractivity contribution in [3.8, 4) is 16.9 Å². The molecule has 0 bridgehead atoms. The molecule has 2 aromatic carbocycles. The van der Waals surface area contributed by atoms with E-state index in [1.54, 1.807) is 9.58 Å². The molecule has 0 radical (unpaired) electrons. The maximum absolute atomic E-state index is 12.9. The van der Waals surface area contributed by atoms with Crippen LogP contribution in [-0.4, -0.2) is 39.1 Å². The Balaban J connectivity index is 1.58. The van der Waals surface area contributed by atoms with E-state index in [0.717, 1.165) is 36.2 Å². The van der Waals surface area contributed by atoms with Gasteiger partial charge in [0.2, 0.25) is 11.8 Å². The summed E-state index contributed by atoms with van der Waals surface area (Å²) >= 11 is 0. The van der Waals surface area contributed by atoms with Crippen molar-refractivity contribution < 1.29 is 9.59 Å².